The topological polar surface area (TPSA) is 62.1 Å². The van der Waals surface area contributed by atoms with Gasteiger partial charge in [0.2, 0.25) is 0 Å². The van der Waals surface area contributed by atoms with Crippen molar-refractivity contribution >= 4 is 17.2 Å². The van der Waals surface area contributed by atoms with Crippen LogP contribution < -0.4 is 10.1 Å². The Morgan fingerprint density at radius 2 is 1.83 bits per heavy atom. The van der Waals surface area contributed by atoms with Gasteiger partial charge in [0, 0.05) is 61.8 Å². The van der Waals surface area contributed by atoms with Crippen molar-refractivity contribution in [3.8, 4) is 17.6 Å². The standard InChI is InChI=1S/C31H30F3N5O2/c1-21-4-5-23(16-22(21)7-9-26-19-35-29-18-27(41-3)10-11-39(26)29)30(40)36-25-8-6-24(28(17-25)31(32,33)34)20-38-14-12-37(2)13-15-38/h4-6,8,10-11,16-19H,12-15,20H2,1-3H3,(H,36,40). The molecule has 5 rings (SSSR count). The van der Waals surface area contributed by atoms with Gasteiger partial charge < -0.3 is 15.0 Å². The third-order valence-corrected chi connectivity index (χ3v) is 7.21. The summed E-state index contributed by atoms with van der Waals surface area (Å²) in [7, 11) is 3.58. The van der Waals surface area contributed by atoms with Crippen LogP contribution in [0.3, 0.4) is 0 Å². The number of aromatic nitrogens is 2. The number of pyridine rings is 1. The Bertz CT molecular complexity index is 1640. The maximum atomic E-state index is 14.0. The third kappa shape index (κ3) is 6.53. The van der Waals surface area contributed by atoms with Crippen LogP contribution in [-0.4, -0.2) is 65.4 Å². The van der Waals surface area contributed by atoms with E-state index in [0.717, 1.165) is 24.7 Å². The van der Waals surface area contributed by atoms with Gasteiger partial charge in [-0.3, -0.25) is 14.1 Å². The number of carbonyl (C=O) groups is 1. The summed E-state index contributed by atoms with van der Waals surface area (Å²) in [6, 6.07) is 12.6. The van der Waals surface area contributed by atoms with Crippen molar-refractivity contribution in [3.05, 3.63) is 94.4 Å². The van der Waals surface area contributed by atoms with Crippen molar-refractivity contribution in [1.82, 2.24) is 19.2 Å². The van der Waals surface area contributed by atoms with Gasteiger partial charge in [0.15, 0.2) is 0 Å². The number of halogens is 3. The summed E-state index contributed by atoms with van der Waals surface area (Å²) >= 11 is 0. The smallest absolute Gasteiger partial charge is 0.416 e. The molecular formula is C31H30F3N5O2. The van der Waals surface area contributed by atoms with Crippen LogP contribution in [0.15, 0.2) is 60.9 Å². The highest BCUT2D eigenvalue weighted by molar-refractivity contribution is 6.04. The summed E-state index contributed by atoms with van der Waals surface area (Å²) in [5.41, 5.74) is 2.65. The Labute approximate surface area is 236 Å². The molecule has 0 spiro atoms. The molecule has 0 radical (unpaired) electrons. The van der Waals surface area contributed by atoms with E-state index in [1.54, 1.807) is 43.6 Å². The molecule has 0 saturated carbocycles. The first-order valence-electron chi connectivity index (χ1n) is 13.2. The average Bonchev–Trinajstić information content (AvgIpc) is 3.36. The molecule has 0 bridgehead atoms. The number of rotatable bonds is 5. The maximum Gasteiger partial charge on any atom is 0.416 e. The van der Waals surface area contributed by atoms with Crippen LogP contribution in [0.4, 0.5) is 18.9 Å². The Morgan fingerprint density at radius 1 is 1.05 bits per heavy atom. The van der Waals surface area contributed by atoms with Gasteiger partial charge in [0.1, 0.15) is 17.1 Å². The Balaban J connectivity index is 1.35. The predicted molar refractivity (Wildman–Crippen MR) is 151 cm³/mol. The molecule has 41 heavy (non-hydrogen) atoms. The normalized spacial score (nSPS) is 14.5. The molecule has 1 saturated heterocycles. The van der Waals surface area contributed by atoms with Crippen LogP contribution in [0, 0.1) is 18.8 Å². The van der Waals surface area contributed by atoms with Crippen LogP contribution in [0.5, 0.6) is 5.75 Å². The van der Waals surface area contributed by atoms with Gasteiger partial charge in [-0.15, -0.1) is 0 Å². The summed E-state index contributed by atoms with van der Waals surface area (Å²) < 4.78 is 49.0. The van der Waals surface area contributed by atoms with Crippen molar-refractivity contribution in [2.24, 2.45) is 0 Å². The quantitative estimate of drug-likeness (QED) is 0.345. The van der Waals surface area contributed by atoms with Gasteiger partial charge >= 0.3 is 6.18 Å². The molecular weight excluding hydrogens is 531 g/mol. The Hall–Kier alpha value is -4.33. The number of benzene rings is 2. The number of aryl methyl sites for hydroxylation is 1. The number of alkyl halides is 3. The van der Waals surface area contributed by atoms with E-state index in [1.165, 1.54) is 12.1 Å². The minimum absolute atomic E-state index is 0.0822. The van der Waals surface area contributed by atoms with E-state index < -0.39 is 17.6 Å². The van der Waals surface area contributed by atoms with Crippen LogP contribution in [0.1, 0.15) is 38.3 Å². The number of nitrogens with zero attached hydrogens (tertiary/aromatic N) is 4. The molecule has 2 aromatic carbocycles. The third-order valence-electron chi connectivity index (χ3n) is 7.21. The second kappa shape index (κ2) is 11.6. The van der Waals surface area contributed by atoms with Crippen molar-refractivity contribution in [1.29, 1.82) is 0 Å². The van der Waals surface area contributed by atoms with E-state index in [2.05, 4.69) is 27.0 Å². The number of anilines is 1. The molecule has 7 nitrogen and oxygen atoms in total. The zero-order chi connectivity index (χ0) is 29.1. The fraction of sp³-hybridized carbons (Fsp3) is 0.290. The lowest BCUT2D eigenvalue weighted by atomic mass is 10.0. The molecule has 3 heterocycles. The molecule has 1 aliphatic rings. The van der Waals surface area contributed by atoms with Gasteiger partial charge in [0.25, 0.3) is 5.91 Å². The van der Waals surface area contributed by atoms with E-state index in [4.69, 9.17) is 4.74 Å². The largest absolute Gasteiger partial charge is 0.497 e. The zero-order valence-corrected chi connectivity index (χ0v) is 23.0. The molecule has 1 amide bonds. The van der Waals surface area contributed by atoms with Crippen LogP contribution in [0.25, 0.3) is 5.65 Å². The summed E-state index contributed by atoms with van der Waals surface area (Å²) in [6.45, 7) is 5.12. The average molecular weight is 562 g/mol. The number of methoxy groups -OCH3 is 1. The minimum Gasteiger partial charge on any atom is -0.497 e. The highest BCUT2D eigenvalue weighted by atomic mass is 19.4. The number of likely N-dealkylation sites (N-methyl/N-ethyl adjacent to an activating group) is 1. The van der Waals surface area contributed by atoms with Crippen LogP contribution in [-0.2, 0) is 12.7 Å². The van der Waals surface area contributed by atoms with E-state index in [9.17, 15) is 18.0 Å². The molecule has 0 unspecified atom stereocenters. The minimum atomic E-state index is -4.54. The summed E-state index contributed by atoms with van der Waals surface area (Å²) in [6.07, 6.45) is -1.08. The first-order valence-corrected chi connectivity index (χ1v) is 13.2. The van der Waals surface area contributed by atoms with Gasteiger partial charge in [0.05, 0.1) is 18.9 Å². The molecule has 1 fully saturated rings. The van der Waals surface area contributed by atoms with Gasteiger partial charge in [-0.25, -0.2) is 4.98 Å². The van der Waals surface area contributed by atoms with Crippen molar-refractivity contribution in [3.63, 3.8) is 0 Å². The van der Waals surface area contributed by atoms with Gasteiger partial charge in [-0.05, 0) is 61.4 Å². The molecule has 0 atom stereocenters. The highest BCUT2D eigenvalue weighted by Gasteiger charge is 2.34. The molecule has 10 heteroatoms. The van der Waals surface area contributed by atoms with Gasteiger partial charge in [-0.1, -0.05) is 18.1 Å². The number of nitrogens with one attached hydrogen (secondary N) is 1. The molecule has 1 aliphatic heterocycles. The molecule has 0 aliphatic carbocycles. The van der Waals surface area contributed by atoms with Crippen molar-refractivity contribution < 1.29 is 22.7 Å². The lowest BCUT2D eigenvalue weighted by molar-refractivity contribution is -0.138. The summed E-state index contributed by atoms with van der Waals surface area (Å²) in [5, 5.41) is 2.63. The van der Waals surface area contributed by atoms with Crippen molar-refractivity contribution in [2.75, 3.05) is 45.7 Å². The summed E-state index contributed by atoms with van der Waals surface area (Å²) in [5.74, 6) is 6.35. The van der Waals surface area contributed by atoms with Gasteiger partial charge in [-0.2, -0.15) is 13.2 Å². The van der Waals surface area contributed by atoms with E-state index in [-0.39, 0.29) is 23.4 Å². The number of hydrogen-bond acceptors (Lipinski definition) is 5. The maximum absolute atomic E-state index is 14.0. The fourth-order valence-corrected chi connectivity index (χ4v) is 4.72. The molecule has 1 N–H and O–H groups in total. The number of ether oxygens (including phenoxy) is 1. The number of amides is 1. The van der Waals surface area contributed by atoms with Crippen LogP contribution in [0.2, 0.25) is 0 Å². The number of carbonyl (C=O) groups excluding carboxylic acids is 1. The monoisotopic (exact) mass is 561 g/mol. The van der Waals surface area contributed by atoms with E-state index in [0.29, 0.717) is 35.7 Å². The lowest BCUT2D eigenvalue weighted by Gasteiger charge is -2.33. The molecule has 4 aromatic rings. The predicted octanol–water partition coefficient (Wildman–Crippen LogP) is 5.07. The zero-order valence-electron chi connectivity index (χ0n) is 23.0. The molecule has 212 valence electrons. The van der Waals surface area contributed by atoms with E-state index in [1.807, 2.05) is 29.5 Å². The second-order valence-corrected chi connectivity index (χ2v) is 10.1. The fourth-order valence-electron chi connectivity index (χ4n) is 4.72. The highest BCUT2D eigenvalue weighted by Crippen LogP contribution is 2.34. The first kappa shape index (κ1) is 28.2. The van der Waals surface area contributed by atoms with E-state index >= 15 is 0 Å². The second-order valence-electron chi connectivity index (χ2n) is 10.1. The number of piperazine rings is 1. The lowest BCUT2D eigenvalue weighted by Crippen LogP contribution is -2.44. The number of imidazole rings is 1. The number of hydrogen-bond donors (Lipinski definition) is 1. The molecule has 2 aromatic heterocycles. The van der Waals surface area contributed by atoms with Crippen LogP contribution >= 0.6 is 0 Å². The number of fused-ring (bicyclic) bond motifs is 1. The Kier molecular flexibility index (Phi) is 8.01. The van der Waals surface area contributed by atoms with Crippen molar-refractivity contribution in [2.45, 2.75) is 19.6 Å². The Morgan fingerprint density at radius 3 is 2.56 bits per heavy atom. The SMILES string of the molecule is COc1ccn2c(C#Cc3cc(C(=O)Nc4ccc(CN5CCN(C)CC5)c(C(F)(F)F)c4)ccc3C)cnc2c1. The first-order chi connectivity index (χ1) is 19.6. The summed E-state index contributed by atoms with van der Waals surface area (Å²) in [4.78, 5) is 21.6.